The van der Waals surface area contributed by atoms with Crippen LogP contribution in [0.3, 0.4) is 0 Å². The number of rotatable bonds is 6. The van der Waals surface area contributed by atoms with Gasteiger partial charge in [0, 0.05) is 27.5 Å². The summed E-state index contributed by atoms with van der Waals surface area (Å²) in [5.74, 6) is 0. The number of hydrogen-bond donors (Lipinski definition) is 0. The second-order valence-electron chi connectivity index (χ2n) is 13.9. The van der Waals surface area contributed by atoms with Gasteiger partial charge in [-0.1, -0.05) is 127 Å². The minimum absolute atomic E-state index is 0.575. The molecule has 0 fully saturated rings. The molecule has 256 valence electrons. The third kappa shape index (κ3) is 4.96. The van der Waals surface area contributed by atoms with Gasteiger partial charge in [-0.25, -0.2) is 4.85 Å². The highest BCUT2D eigenvalue weighted by Gasteiger charge is 2.42. The molecular weight excluding hydrogens is 685 g/mol. The van der Waals surface area contributed by atoms with Gasteiger partial charge in [0.05, 0.1) is 40.3 Å². The summed E-state index contributed by atoms with van der Waals surface area (Å²) < 4.78 is 4.66. The molecule has 5 heteroatoms. The van der Waals surface area contributed by atoms with Crippen LogP contribution in [0.15, 0.2) is 194 Å². The van der Waals surface area contributed by atoms with Crippen molar-refractivity contribution in [1.29, 1.82) is 5.26 Å². The summed E-state index contributed by atoms with van der Waals surface area (Å²) >= 11 is 0. The number of fused-ring (bicyclic) bond motifs is 6. The fourth-order valence-corrected chi connectivity index (χ4v) is 13.5. The third-order valence-electron chi connectivity index (χ3n) is 11.1. The maximum absolute atomic E-state index is 9.83. The van der Waals surface area contributed by atoms with Gasteiger partial charge in [-0.15, -0.1) is 0 Å². The van der Waals surface area contributed by atoms with Gasteiger partial charge in [0.2, 0.25) is 0 Å². The summed E-state index contributed by atoms with van der Waals surface area (Å²) in [5.41, 5.74) is 7.69. The van der Waals surface area contributed by atoms with Crippen LogP contribution < -0.4 is 20.7 Å². The van der Waals surface area contributed by atoms with E-state index in [4.69, 9.17) is 6.57 Å². The molecule has 8 aromatic carbocycles. The molecule has 10 rings (SSSR count). The zero-order valence-electron chi connectivity index (χ0n) is 29.8. The van der Waals surface area contributed by atoms with Crippen molar-refractivity contribution in [3.05, 3.63) is 211 Å². The molecule has 4 nitrogen and oxygen atoms in total. The number of benzene rings is 8. The monoisotopic (exact) mass is 716 g/mol. The molecule has 0 unspecified atom stereocenters. The Morgan fingerprint density at radius 2 is 0.927 bits per heavy atom. The lowest BCUT2D eigenvalue weighted by Gasteiger charge is -2.35. The first kappa shape index (κ1) is 32.2. The van der Waals surface area contributed by atoms with Gasteiger partial charge in [0.15, 0.2) is 13.8 Å². The summed E-state index contributed by atoms with van der Waals surface area (Å²) in [6.07, 6.45) is 0. The van der Waals surface area contributed by atoms with Gasteiger partial charge in [0.1, 0.15) is 0 Å². The highest BCUT2D eigenvalue weighted by atomic mass is 28.3. The topological polar surface area (TPSA) is 38.0 Å². The Kier molecular flexibility index (Phi) is 7.56. The fraction of sp³-hybridized carbons (Fsp3) is 0. The minimum Gasteiger partial charge on any atom is -0.309 e. The Balaban J connectivity index is 1.29. The Morgan fingerprint density at radius 1 is 0.418 bits per heavy atom. The van der Waals surface area contributed by atoms with Crippen LogP contribution in [0.1, 0.15) is 5.56 Å². The highest BCUT2D eigenvalue weighted by Crippen LogP contribution is 2.36. The summed E-state index contributed by atoms with van der Waals surface area (Å²) in [7, 11) is -2.99. The summed E-state index contributed by atoms with van der Waals surface area (Å²) in [5, 5.41) is 19.3. The molecule has 0 aliphatic carbocycles. The maximum atomic E-state index is 9.83. The van der Waals surface area contributed by atoms with Crippen LogP contribution in [0.5, 0.6) is 0 Å². The molecule has 2 aromatic heterocycles. The number of hydrogen-bond acceptors (Lipinski definition) is 1. The second-order valence-corrected chi connectivity index (χ2v) is 17.8. The van der Waals surface area contributed by atoms with Crippen LogP contribution >= 0.6 is 0 Å². The lowest BCUT2D eigenvalue weighted by Crippen LogP contribution is -2.74. The molecule has 0 aliphatic heterocycles. The summed E-state index contributed by atoms with van der Waals surface area (Å²) in [6.45, 7) is 7.73. The largest absolute Gasteiger partial charge is 0.309 e. The van der Waals surface area contributed by atoms with E-state index in [9.17, 15) is 5.26 Å². The predicted octanol–water partition coefficient (Wildman–Crippen LogP) is 9.68. The van der Waals surface area contributed by atoms with Crippen molar-refractivity contribution in [2.75, 3.05) is 0 Å². The van der Waals surface area contributed by atoms with Gasteiger partial charge in [0.25, 0.3) is 0 Å². The molecule has 0 saturated carbocycles. The summed E-state index contributed by atoms with van der Waals surface area (Å²) in [4.78, 5) is 3.74. The first-order chi connectivity index (χ1) is 27.2. The standard InChI is InChI=1S/C50H32N4Si/c1-52-36-25-28-49-45(31-36)44-30-35(34-51)24-27-48(44)54(49)38-16-13-21-41(32-38)55(39-17-7-3-8-18-39,40-19-9-4-10-20-40)42-26-29-50-46(33-42)43-22-11-12-23-47(43)53(50)37-14-5-2-6-15-37/h2-33H. The van der Waals surface area contributed by atoms with E-state index < -0.39 is 8.07 Å². The zero-order valence-corrected chi connectivity index (χ0v) is 30.8. The molecule has 0 N–H and O–H groups in total. The molecule has 0 radical (unpaired) electrons. The van der Waals surface area contributed by atoms with Crippen molar-refractivity contribution in [2.45, 2.75) is 0 Å². The molecule has 0 spiro atoms. The average molecular weight is 717 g/mol. The van der Waals surface area contributed by atoms with E-state index in [1.807, 2.05) is 36.4 Å². The first-order valence-electron chi connectivity index (χ1n) is 18.4. The second kappa shape index (κ2) is 12.9. The van der Waals surface area contributed by atoms with E-state index >= 15 is 0 Å². The van der Waals surface area contributed by atoms with Crippen molar-refractivity contribution in [3.8, 4) is 17.4 Å². The predicted molar refractivity (Wildman–Crippen MR) is 230 cm³/mol. The van der Waals surface area contributed by atoms with E-state index in [0.717, 1.165) is 33.2 Å². The fourth-order valence-electron chi connectivity index (χ4n) is 8.74. The molecule has 0 aliphatic rings. The Hall–Kier alpha value is -7.44. The third-order valence-corrected chi connectivity index (χ3v) is 15.8. The van der Waals surface area contributed by atoms with E-state index in [-0.39, 0.29) is 0 Å². The smallest absolute Gasteiger partial charge is 0.188 e. The summed E-state index contributed by atoms with van der Waals surface area (Å²) in [6, 6.07) is 71.7. The first-order valence-corrected chi connectivity index (χ1v) is 20.4. The van der Waals surface area contributed by atoms with E-state index in [0.29, 0.717) is 11.3 Å². The zero-order chi connectivity index (χ0) is 36.9. The maximum Gasteiger partial charge on any atom is 0.188 e. The van der Waals surface area contributed by atoms with Crippen LogP contribution in [0.2, 0.25) is 0 Å². The van der Waals surface area contributed by atoms with Crippen LogP contribution in [-0.4, -0.2) is 17.2 Å². The highest BCUT2D eigenvalue weighted by molar-refractivity contribution is 7.20. The molecule has 0 amide bonds. The van der Waals surface area contributed by atoms with Crippen molar-refractivity contribution < 1.29 is 0 Å². The lowest BCUT2D eigenvalue weighted by atomic mass is 10.1. The molecule has 55 heavy (non-hydrogen) atoms. The Labute approximate surface area is 319 Å². The number of aromatic nitrogens is 2. The van der Waals surface area contributed by atoms with Crippen molar-refractivity contribution in [3.63, 3.8) is 0 Å². The van der Waals surface area contributed by atoms with E-state index in [1.54, 1.807) is 0 Å². The SMILES string of the molecule is [C-]#[N+]c1ccc2c(c1)c1cc(C#N)ccc1n2-c1cccc([Si](c2ccccc2)(c2ccccc2)c2ccc3c(c2)c2ccccc2n3-c2ccccc2)c1. The molecule has 2 heterocycles. The average Bonchev–Trinajstić information content (AvgIpc) is 3.77. The van der Waals surface area contributed by atoms with Crippen LogP contribution in [0, 0.1) is 17.9 Å². The molecule has 0 bridgehead atoms. The van der Waals surface area contributed by atoms with Crippen molar-refractivity contribution >= 4 is 78.1 Å². The van der Waals surface area contributed by atoms with E-state index in [2.05, 4.69) is 178 Å². The van der Waals surface area contributed by atoms with Gasteiger partial charge < -0.3 is 9.13 Å². The van der Waals surface area contributed by atoms with Crippen LogP contribution in [0.4, 0.5) is 5.69 Å². The quantitative estimate of drug-likeness (QED) is 0.0960. The van der Waals surface area contributed by atoms with Crippen molar-refractivity contribution in [1.82, 2.24) is 9.13 Å². The molecule has 0 atom stereocenters. The van der Waals surface area contributed by atoms with E-state index in [1.165, 1.54) is 42.6 Å². The minimum atomic E-state index is -2.99. The van der Waals surface area contributed by atoms with Crippen LogP contribution in [-0.2, 0) is 0 Å². The Bertz CT molecular complexity index is 3050. The molecular formula is C50H32N4Si. The van der Waals surface area contributed by atoms with Gasteiger partial charge in [-0.3, -0.25) is 0 Å². The number of nitrogens with zero attached hydrogens (tertiary/aromatic N) is 4. The lowest BCUT2D eigenvalue weighted by molar-refractivity contribution is 1.18. The van der Waals surface area contributed by atoms with Gasteiger partial charge in [-0.05, 0) is 92.9 Å². The normalized spacial score (nSPS) is 11.6. The molecule has 0 saturated heterocycles. The van der Waals surface area contributed by atoms with Gasteiger partial charge in [-0.2, -0.15) is 5.26 Å². The molecule has 10 aromatic rings. The van der Waals surface area contributed by atoms with Crippen LogP contribution in [0.25, 0.3) is 59.8 Å². The number of nitriles is 1. The van der Waals surface area contributed by atoms with Crippen molar-refractivity contribution in [2.24, 2.45) is 0 Å². The Morgan fingerprint density at radius 3 is 1.62 bits per heavy atom. The van der Waals surface area contributed by atoms with Gasteiger partial charge >= 0.3 is 0 Å². The number of para-hydroxylation sites is 2.